The molecule has 1 aromatic rings. The van der Waals surface area contributed by atoms with E-state index >= 15 is 0 Å². The largest absolute Gasteiger partial charge is 0.373 e. The number of morpholine rings is 1. The van der Waals surface area contributed by atoms with Crippen molar-refractivity contribution in [3.63, 3.8) is 0 Å². The normalized spacial score (nSPS) is 26.4. The molecule has 1 aliphatic rings. The number of hydrogen-bond acceptors (Lipinski definition) is 3. The summed E-state index contributed by atoms with van der Waals surface area (Å²) < 4.78 is 5.76. The minimum Gasteiger partial charge on any atom is -0.373 e. The van der Waals surface area contributed by atoms with Gasteiger partial charge in [-0.25, -0.2) is 0 Å². The van der Waals surface area contributed by atoms with Crippen LogP contribution in [0.2, 0.25) is 0 Å². The molecule has 2 N–H and O–H groups in total. The number of benzene rings is 1. The Morgan fingerprint density at radius 3 is 2.47 bits per heavy atom. The summed E-state index contributed by atoms with van der Waals surface area (Å²) in [6.45, 7) is 11.4. The van der Waals surface area contributed by atoms with E-state index in [9.17, 15) is 0 Å². The number of hydrogen-bond donors (Lipinski definition) is 1. The minimum atomic E-state index is 0.0816. The molecular formula is C16H26N2O. The topological polar surface area (TPSA) is 38.5 Å². The average molecular weight is 262 g/mol. The molecule has 19 heavy (non-hydrogen) atoms. The highest BCUT2D eigenvalue weighted by Crippen LogP contribution is 2.20. The molecule has 0 radical (unpaired) electrons. The second-order valence-corrected chi connectivity index (χ2v) is 5.94. The van der Waals surface area contributed by atoms with Crippen molar-refractivity contribution in [3.8, 4) is 0 Å². The summed E-state index contributed by atoms with van der Waals surface area (Å²) in [4.78, 5) is 2.42. The van der Waals surface area contributed by atoms with Crippen LogP contribution in [-0.4, -0.2) is 36.7 Å². The van der Waals surface area contributed by atoms with Crippen LogP contribution in [0, 0.1) is 13.8 Å². The van der Waals surface area contributed by atoms with Crippen molar-refractivity contribution in [2.24, 2.45) is 5.73 Å². The third-order valence-corrected chi connectivity index (χ3v) is 3.77. The van der Waals surface area contributed by atoms with Gasteiger partial charge < -0.3 is 10.5 Å². The minimum absolute atomic E-state index is 0.0816. The van der Waals surface area contributed by atoms with Crippen LogP contribution in [0.1, 0.15) is 36.6 Å². The molecule has 1 heterocycles. The fraction of sp³-hybridized carbons (Fsp3) is 0.625. The Hall–Kier alpha value is -0.900. The Kier molecular flexibility index (Phi) is 4.61. The third-order valence-electron chi connectivity index (χ3n) is 3.77. The molecule has 0 bridgehead atoms. The molecule has 3 atom stereocenters. The zero-order valence-corrected chi connectivity index (χ0v) is 12.5. The van der Waals surface area contributed by atoms with E-state index in [0.717, 1.165) is 19.6 Å². The van der Waals surface area contributed by atoms with Crippen LogP contribution < -0.4 is 5.73 Å². The number of aryl methyl sites for hydroxylation is 2. The molecule has 3 heteroatoms. The first-order chi connectivity index (χ1) is 8.95. The summed E-state index contributed by atoms with van der Waals surface area (Å²) in [5, 5.41) is 0. The van der Waals surface area contributed by atoms with Crippen molar-refractivity contribution in [2.45, 2.75) is 45.9 Å². The van der Waals surface area contributed by atoms with Gasteiger partial charge in [0, 0.05) is 25.7 Å². The van der Waals surface area contributed by atoms with E-state index in [0.29, 0.717) is 12.2 Å². The lowest BCUT2D eigenvalue weighted by Gasteiger charge is -2.36. The van der Waals surface area contributed by atoms with Crippen molar-refractivity contribution in [1.82, 2.24) is 4.90 Å². The van der Waals surface area contributed by atoms with E-state index in [4.69, 9.17) is 10.5 Å². The fourth-order valence-corrected chi connectivity index (χ4v) is 3.05. The maximum absolute atomic E-state index is 6.39. The van der Waals surface area contributed by atoms with Gasteiger partial charge in [0.15, 0.2) is 0 Å². The predicted octanol–water partition coefficient (Wildman–Crippen LogP) is 2.41. The molecule has 106 valence electrons. The van der Waals surface area contributed by atoms with Gasteiger partial charge in [0.25, 0.3) is 0 Å². The summed E-state index contributed by atoms with van der Waals surface area (Å²) >= 11 is 0. The van der Waals surface area contributed by atoms with Gasteiger partial charge in [0.05, 0.1) is 12.2 Å². The van der Waals surface area contributed by atoms with Crippen molar-refractivity contribution in [3.05, 3.63) is 34.9 Å². The van der Waals surface area contributed by atoms with Gasteiger partial charge in [-0.05, 0) is 38.8 Å². The van der Waals surface area contributed by atoms with Crippen LogP contribution in [0.25, 0.3) is 0 Å². The van der Waals surface area contributed by atoms with Gasteiger partial charge in [-0.1, -0.05) is 23.8 Å². The SMILES string of the molecule is Cc1ccc(C(N)CN2C[C@@H](C)O[C@@H](C)C2)c(C)c1. The van der Waals surface area contributed by atoms with Gasteiger partial charge in [-0.3, -0.25) is 4.90 Å². The van der Waals surface area contributed by atoms with Crippen molar-refractivity contribution < 1.29 is 4.74 Å². The van der Waals surface area contributed by atoms with Crippen molar-refractivity contribution in [2.75, 3.05) is 19.6 Å². The van der Waals surface area contributed by atoms with E-state index in [2.05, 4.69) is 50.8 Å². The lowest BCUT2D eigenvalue weighted by molar-refractivity contribution is -0.0691. The Labute approximate surface area is 116 Å². The van der Waals surface area contributed by atoms with Crippen LogP contribution in [0.4, 0.5) is 0 Å². The molecule has 2 rings (SSSR count). The van der Waals surface area contributed by atoms with E-state index in [-0.39, 0.29) is 6.04 Å². The number of nitrogens with zero attached hydrogens (tertiary/aromatic N) is 1. The second kappa shape index (κ2) is 6.04. The van der Waals surface area contributed by atoms with Crippen LogP contribution in [-0.2, 0) is 4.74 Å². The molecule has 0 spiro atoms. The lowest BCUT2D eigenvalue weighted by atomic mass is 9.99. The Morgan fingerprint density at radius 1 is 1.26 bits per heavy atom. The summed E-state index contributed by atoms with van der Waals surface area (Å²) in [5.41, 5.74) is 10.2. The highest BCUT2D eigenvalue weighted by atomic mass is 16.5. The highest BCUT2D eigenvalue weighted by molar-refractivity contribution is 5.32. The monoisotopic (exact) mass is 262 g/mol. The van der Waals surface area contributed by atoms with Crippen LogP contribution in [0.3, 0.4) is 0 Å². The van der Waals surface area contributed by atoms with Crippen LogP contribution in [0.15, 0.2) is 18.2 Å². The first-order valence-corrected chi connectivity index (χ1v) is 7.16. The van der Waals surface area contributed by atoms with E-state index in [1.807, 2.05) is 0 Å². The molecule has 1 saturated heterocycles. The Morgan fingerprint density at radius 2 is 1.89 bits per heavy atom. The lowest BCUT2D eigenvalue weighted by Crippen LogP contribution is -2.47. The van der Waals surface area contributed by atoms with Gasteiger partial charge in [0.1, 0.15) is 0 Å². The van der Waals surface area contributed by atoms with E-state index in [1.165, 1.54) is 16.7 Å². The van der Waals surface area contributed by atoms with Crippen molar-refractivity contribution >= 4 is 0 Å². The smallest absolute Gasteiger partial charge is 0.0678 e. The number of rotatable bonds is 3. The Balaban J connectivity index is 2.02. The summed E-state index contributed by atoms with van der Waals surface area (Å²) in [5.74, 6) is 0. The zero-order valence-electron chi connectivity index (χ0n) is 12.5. The van der Waals surface area contributed by atoms with Crippen LogP contribution >= 0.6 is 0 Å². The molecule has 1 unspecified atom stereocenters. The zero-order chi connectivity index (χ0) is 14.0. The first-order valence-electron chi connectivity index (χ1n) is 7.16. The molecular weight excluding hydrogens is 236 g/mol. The molecule has 1 fully saturated rings. The molecule has 1 aromatic carbocycles. The standard InChI is InChI=1S/C16H26N2O/c1-11-5-6-15(12(2)7-11)16(17)10-18-8-13(3)19-14(4)9-18/h5-7,13-14,16H,8-10,17H2,1-4H3/t13-,14+,16?. The molecule has 0 aromatic heterocycles. The summed E-state index contributed by atoms with van der Waals surface area (Å²) in [6, 6.07) is 6.60. The van der Waals surface area contributed by atoms with Crippen LogP contribution in [0.5, 0.6) is 0 Å². The van der Waals surface area contributed by atoms with Gasteiger partial charge >= 0.3 is 0 Å². The molecule has 3 nitrogen and oxygen atoms in total. The summed E-state index contributed by atoms with van der Waals surface area (Å²) in [6.07, 6.45) is 0.602. The predicted molar refractivity (Wildman–Crippen MR) is 79.3 cm³/mol. The van der Waals surface area contributed by atoms with Gasteiger partial charge in [0.2, 0.25) is 0 Å². The molecule has 0 saturated carbocycles. The maximum atomic E-state index is 6.39. The quantitative estimate of drug-likeness (QED) is 0.909. The molecule has 1 aliphatic heterocycles. The molecule has 0 aliphatic carbocycles. The third kappa shape index (κ3) is 3.78. The van der Waals surface area contributed by atoms with Gasteiger partial charge in [-0.2, -0.15) is 0 Å². The fourth-order valence-electron chi connectivity index (χ4n) is 3.05. The molecule has 0 amide bonds. The van der Waals surface area contributed by atoms with Gasteiger partial charge in [-0.15, -0.1) is 0 Å². The average Bonchev–Trinajstić information content (AvgIpc) is 2.26. The number of ether oxygens (including phenoxy) is 1. The second-order valence-electron chi connectivity index (χ2n) is 5.94. The number of nitrogens with two attached hydrogens (primary N) is 1. The van der Waals surface area contributed by atoms with E-state index in [1.54, 1.807) is 0 Å². The van der Waals surface area contributed by atoms with E-state index < -0.39 is 0 Å². The summed E-state index contributed by atoms with van der Waals surface area (Å²) in [7, 11) is 0. The Bertz CT molecular complexity index is 423. The highest BCUT2D eigenvalue weighted by Gasteiger charge is 2.24. The first kappa shape index (κ1) is 14.5. The van der Waals surface area contributed by atoms with Crippen molar-refractivity contribution in [1.29, 1.82) is 0 Å². The maximum Gasteiger partial charge on any atom is 0.0678 e.